The van der Waals surface area contributed by atoms with Crippen LogP contribution in [0.15, 0.2) is 36.4 Å². The van der Waals surface area contributed by atoms with Crippen molar-refractivity contribution >= 4 is 46.4 Å². The molecule has 0 saturated carbocycles. The van der Waals surface area contributed by atoms with Crippen LogP contribution in [-0.4, -0.2) is 25.0 Å². The molecule has 3 rings (SSSR count). The zero-order valence-corrected chi connectivity index (χ0v) is 13.7. The number of fused-ring (bicyclic) bond motifs is 1. The Morgan fingerprint density at radius 1 is 1.21 bits per heavy atom. The van der Waals surface area contributed by atoms with Gasteiger partial charge in [-0.05, 0) is 36.4 Å². The molecule has 0 saturated heterocycles. The highest BCUT2D eigenvalue weighted by Gasteiger charge is 2.27. The van der Waals surface area contributed by atoms with Crippen molar-refractivity contribution in [2.45, 2.75) is 0 Å². The second-order valence-corrected chi connectivity index (χ2v) is 5.93. The van der Waals surface area contributed by atoms with Crippen LogP contribution in [0.25, 0.3) is 0 Å². The van der Waals surface area contributed by atoms with E-state index >= 15 is 0 Å². The van der Waals surface area contributed by atoms with Gasteiger partial charge < -0.3 is 10.1 Å². The van der Waals surface area contributed by atoms with Crippen LogP contribution < -0.4 is 15.0 Å². The summed E-state index contributed by atoms with van der Waals surface area (Å²) in [6, 6.07) is 8.58. The molecule has 1 N–H and O–H groups in total. The summed E-state index contributed by atoms with van der Waals surface area (Å²) in [5.41, 5.74) is 0.333. The Bertz CT molecular complexity index is 829. The molecule has 1 aliphatic heterocycles. The van der Waals surface area contributed by atoms with Crippen LogP contribution in [0.1, 0.15) is 0 Å². The van der Waals surface area contributed by atoms with Gasteiger partial charge in [-0.3, -0.25) is 14.5 Å². The lowest BCUT2D eigenvalue weighted by molar-refractivity contribution is -0.123. The van der Waals surface area contributed by atoms with E-state index in [9.17, 15) is 14.0 Å². The number of rotatable bonds is 3. The number of carbonyl (C=O) groups excluding carboxylic acids is 2. The molecule has 24 heavy (non-hydrogen) atoms. The summed E-state index contributed by atoms with van der Waals surface area (Å²) < 4.78 is 19.0. The second kappa shape index (κ2) is 6.67. The fourth-order valence-corrected chi connectivity index (χ4v) is 2.61. The maximum atomic E-state index is 13.7. The van der Waals surface area contributed by atoms with Crippen LogP contribution in [0.4, 0.5) is 15.8 Å². The summed E-state index contributed by atoms with van der Waals surface area (Å²) in [5.74, 6) is -1.14. The van der Waals surface area contributed by atoms with E-state index in [1.165, 1.54) is 23.1 Å². The molecule has 0 spiro atoms. The predicted octanol–water partition coefficient (Wildman–Crippen LogP) is 3.50. The van der Waals surface area contributed by atoms with Crippen LogP contribution in [-0.2, 0) is 9.59 Å². The quantitative estimate of drug-likeness (QED) is 0.901. The average molecular weight is 369 g/mol. The van der Waals surface area contributed by atoms with Crippen LogP contribution in [0.5, 0.6) is 5.75 Å². The number of nitrogens with zero attached hydrogens (tertiary/aromatic N) is 1. The molecule has 0 radical (unpaired) electrons. The maximum Gasteiger partial charge on any atom is 0.265 e. The topological polar surface area (TPSA) is 58.6 Å². The highest BCUT2D eigenvalue weighted by Crippen LogP contribution is 2.34. The van der Waals surface area contributed by atoms with Gasteiger partial charge >= 0.3 is 0 Å². The minimum Gasteiger partial charge on any atom is -0.482 e. The van der Waals surface area contributed by atoms with Crippen molar-refractivity contribution in [1.82, 2.24) is 0 Å². The molecule has 2 amide bonds. The van der Waals surface area contributed by atoms with E-state index < -0.39 is 17.6 Å². The third-order valence-electron chi connectivity index (χ3n) is 3.37. The van der Waals surface area contributed by atoms with Gasteiger partial charge in [-0.2, -0.15) is 0 Å². The molecule has 5 nitrogen and oxygen atoms in total. The van der Waals surface area contributed by atoms with Crippen LogP contribution >= 0.6 is 23.2 Å². The Morgan fingerprint density at radius 3 is 2.71 bits per heavy atom. The molecule has 2 aromatic carbocycles. The van der Waals surface area contributed by atoms with Gasteiger partial charge in [0, 0.05) is 10.0 Å². The largest absolute Gasteiger partial charge is 0.482 e. The summed E-state index contributed by atoms with van der Waals surface area (Å²) in [5, 5.41) is 3.08. The van der Waals surface area contributed by atoms with Gasteiger partial charge in [0.05, 0.1) is 11.4 Å². The fraction of sp³-hybridized carbons (Fsp3) is 0.125. The van der Waals surface area contributed by atoms with E-state index in [2.05, 4.69) is 5.32 Å². The lowest BCUT2D eigenvalue weighted by Gasteiger charge is -2.29. The number of hydrogen-bond acceptors (Lipinski definition) is 3. The molecule has 0 fully saturated rings. The predicted molar refractivity (Wildman–Crippen MR) is 89.3 cm³/mol. The molecule has 2 aromatic rings. The first-order valence-electron chi connectivity index (χ1n) is 6.91. The molecule has 0 bridgehead atoms. The maximum absolute atomic E-state index is 13.7. The van der Waals surface area contributed by atoms with E-state index in [4.69, 9.17) is 27.9 Å². The minimum atomic E-state index is -0.621. The normalized spacial score (nSPS) is 13.3. The van der Waals surface area contributed by atoms with E-state index in [-0.39, 0.29) is 23.9 Å². The van der Waals surface area contributed by atoms with Crippen molar-refractivity contribution in [3.63, 3.8) is 0 Å². The van der Waals surface area contributed by atoms with E-state index in [0.29, 0.717) is 16.5 Å². The Morgan fingerprint density at radius 2 is 1.92 bits per heavy atom. The number of benzene rings is 2. The Hall–Kier alpha value is -2.31. The number of anilines is 2. The molecule has 8 heteroatoms. The fourth-order valence-electron chi connectivity index (χ4n) is 2.28. The number of amides is 2. The Kier molecular flexibility index (Phi) is 4.59. The summed E-state index contributed by atoms with van der Waals surface area (Å²) in [6.07, 6.45) is 0. The standard InChI is InChI=1S/C16H11Cl2FN2O3/c17-9-1-3-11(19)12(5-9)20-15(22)7-21-13-6-10(18)2-4-14(13)24-8-16(21)23/h1-6H,7-8H2,(H,20,22). The lowest BCUT2D eigenvalue weighted by atomic mass is 10.2. The molecule has 1 aliphatic rings. The molecular weight excluding hydrogens is 358 g/mol. The zero-order valence-electron chi connectivity index (χ0n) is 12.2. The number of hydrogen-bond donors (Lipinski definition) is 1. The highest BCUT2D eigenvalue weighted by molar-refractivity contribution is 6.31. The van der Waals surface area contributed by atoms with Crippen LogP contribution in [0.3, 0.4) is 0 Å². The molecule has 1 heterocycles. The van der Waals surface area contributed by atoms with Gasteiger partial charge in [-0.1, -0.05) is 23.2 Å². The average Bonchev–Trinajstić information content (AvgIpc) is 2.54. The summed E-state index contributed by atoms with van der Waals surface area (Å²) in [4.78, 5) is 25.5. The monoisotopic (exact) mass is 368 g/mol. The number of nitrogens with one attached hydrogen (secondary N) is 1. The first kappa shape index (κ1) is 16.5. The molecular formula is C16H11Cl2FN2O3. The van der Waals surface area contributed by atoms with E-state index in [1.807, 2.05) is 0 Å². The SMILES string of the molecule is O=C(CN1C(=O)COc2ccc(Cl)cc21)Nc1cc(Cl)ccc1F. The van der Waals surface area contributed by atoms with Crippen LogP contribution in [0, 0.1) is 5.82 Å². The summed E-state index contributed by atoms with van der Waals surface area (Å²) in [7, 11) is 0. The van der Waals surface area contributed by atoms with Gasteiger partial charge in [-0.15, -0.1) is 0 Å². The minimum absolute atomic E-state index is 0.0560. The van der Waals surface area contributed by atoms with Crippen molar-refractivity contribution < 1.29 is 18.7 Å². The molecule has 0 aromatic heterocycles. The van der Waals surface area contributed by atoms with Crippen molar-refractivity contribution in [3.8, 4) is 5.75 Å². The Balaban J connectivity index is 1.80. The van der Waals surface area contributed by atoms with Crippen molar-refractivity contribution in [2.75, 3.05) is 23.4 Å². The van der Waals surface area contributed by atoms with Gasteiger partial charge in [0.2, 0.25) is 5.91 Å². The summed E-state index contributed by atoms with van der Waals surface area (Å²) in [6.45, 7) is -0.491. The molecule has 124 valence electrons. The van der Waals surface area contributed by atoms with Crippen molar-refractivity contribution in [1.29, 1.82) is 0 Å². The number of halogens is 3. The third kappa shape index (κ3) is 3.44. The van der Waals surface area contributed by atoms with Gasteiger partial charge in [0.15, 0.2) is 6.61 Å². The zero-order chi connectivity index (χ0) is 17.3. The van der Waals surface area contributed by atoms with Crippen molar-refractivity contribution in [2.24, 2.45) is 0 Å². The summed E-state index contributed by atoms with van der Waals surface area (Å²) >= 11 is 11.7. The lowest BCUT2D eigenvalue weighted by Crippen LogP contribution is -2.43. The highest BCUT2D eigenvalue weighted by atomic mass is 35.5. The number of carbonyl (C=O) groups is 2. The van der Waals surface area contributed by atoms with Gasteiger partial charge in [0.1, 0.15) is 18.1 Å². The number of ether oxygens (including phenoxy) is 1. The molecule has 0 aliphatic carbocycles. The van der Waals surface area contributed by atoms with Crippen LogP contribution in [0.2, 0.25) is 10.0 Å². The molecule has 0 atom stereocenters. The molecule has 0 unspecified atom stereocenters. The Labute approximate surface area is 146 Å². The third-order valence-corrected chi connectivity index (χ3v) is 3.84. The second-order valence-electron chi connectivity index (χ2n) is 5.05. The first-order valence-corrected chi connectivity index (χ1v) is 7.67. The smallest absolute Gasteiger partial charge is 0.265 e. The van der Waals surface area contributed by atoms with Crippen molar-refractivity contribution in [3.05, 3.63) is 52.3 Å². The first-order chi connectivity index (χ1) is 11.4. The van der Waals surface area contributed by atoms with E-state index in [1.54, 1.807) is 12.1 Å². The van der Waals surface area contributed by atoms with E-state index in [0.717, 1.165) is 6.07 Å². The van der Waals surface area contributed by atoms with Gasteiger partial charge in [-0.25, -0.2) is 4.39 Å². The van der Waals surface area contributed by atoms with Gasteiger partial charge in [0.25, 0.3) is 5.91 Å².